The van der Waals surface area contributed by atoms with Crippen LogP contribution in [0.15, 0.2) is 30.1 Å². The lowest BCUT2D eigenvalue weighted by molar-refractivity contribution is 0.634. The van der Waals surface area contributed by atoms with E-state index in [4.69, 9.17) is 5.73 Å². The monoisotopic (exact) mass is 257 g/mol. The first kappa shape index (κ1) is 12.4. The van der Waals surface area contributed by atoms with Gasteiger partial charge in [0.2, 0.25) is 0 Å². The fourth-order valence-electron chi connectivity index (χ4n) is 3.31. The molecule has 0 amide bonds. The maximum absolute atomic E-state index is 5.78. The van der Waals surface area contributed by atoms with Crippen molar-refractivity contribution in [1.29, 1.82) is 0 Å². The van der Waals surface area contributed by atoms with Gasteiger partial charge in [-0.15, -0.1) is 0 Å². The molecule has 1 aliphatic carbocycles. The molecule has 3 heteroatoms. The van der Waals surface area contributed by atoms with E-state index in [2.05, 4.69) is 41.5 Å². The van der Waals surface area contributed by atoms with Crippen molar-refractivity contribution in [1.82, 2.24) is 5.32 Å². The van der Waals surface area contributed by atoms with Crippen molar-refractivity contribution in [3.63, 3.8) is 0 Å². The van der Waals surface area contributed by atoms with Crippen molar-refractivity contribution >= 4 is 5.69 Å². The third kappa shape index (κ3) is 2.55. The van der Waals surface area contributed by atoms with Gasteiger partial charge in [-0.3, -0.25) is 0 Å². The Morgan fingerprint density at radius 1 is 1.32 bits per heavy atom. The van der Waals surface area contributed by atoms with E-state index in [0.717, 1.165) is 18.9 Å². The van der Waals surface area contributed by atoms with Gasteiger partial charge in [-0.2, -0.15) is 0 Å². The Hall–Kier alpha value is -1.64. The van der Waals surface area contributed by atoms with Crippen LogP contribution in [0.25, 0.3) is 0 Å². The molecule has 1 heterocycles. The maximum Gasteiger partial charge on any atom is 0.0923 e. The number of nitrogens with one attached hydrogen (secondary N) is 1. The molecule has 2 aliphatic rings. The number of benzene rings is 1. The van der Waals surface area contributed by atoms with Crippen molar-refractivity contribution in [2.45, 2.75) is 25.7 Å². The summed E-state index contributed by atoms with van der Waals surface area (Å²) >= 11 is 0. The van der Waals surface area contributed by atoms with Gasteiger partial charge in [0.1, 0.15) is 0 Å². The second kappa shape index (κ2) is 5.16. The molecule has 1 aromatic rings. The van der Waals surface area contributed by atoms with Crippen LogP contribution < -0.4 is 16.0 Å². The van der Waals surface area contributed by atoms with E-state index in [0.29, 0.717) is 5.92 Å². The summed E-state index contributed by atoms with van der Waals surface area (Å²) in [5.41, 5.74) is 10.3. The highest BCUT2D eigenvalue weighted by molar-refractivity contribution is 5.57. The Morgan fingerprint density at radius 3 is 2.95 bits per heavy atom. The Morgan fingerprint density at radius 2 is 2.16 bits per heavy atom. The van der Waals surface area contributed by atoms with E-state index in [1.807, 2.05) is 0 Å². The minimum atomic E-state index is 0.518. The highest BCUT2D eigenvalue weighted by Gasteiger charge is 2.19. The van der Waals surface area contributed by atoms with Gasteiger partial charge in [-0.1, -0.05) is 12.1 Å². The van der Waals surface area contributed by atoms with Crippen molar-refractivity contribution in [3.8, 4) is 0 Å². The van der Waals surface area contributed by atoms with Crippen molar-refractivity contribution < 1.29 is 0 Å². The number of nitrogens with two attached hydrogens (primary N) is 1. The van der Waals surface area contributed by atoms with E-state index in [9.17, 15) is 0 Å². The first-order valence-corrected chi connectivity index (χ1v) is 7.27. The number of nitrogens with zero attached hydrogens (tertiary/aromatic N) is 1. The Kier molecular flexibility index (Phi) is 3.36. The Labute approximate surface area is 115 Å². The van der Waals surface area contributed by atoms with Gasteiger partial charge >= 0.3 is 0 Å². The number of fused-ring (bicyclic) bond motifs is 1. The number of hydrogen-bond acceptors (Lipinski definition) is 3. The molecule has 3 N–H and O–H groups in total. The molecule has 0 fully saturated rings. The fraction of sp³-hybridized carbons (Fsp3) is 0.500. The standard InChI is InChI=1S/C16H23N3/c1-19(11-12-9-16(17)18-10-12)15-8-4-6-13-5-2-3-7-14(13)15/h4,6,8-9,12,18H,2-3,5,7,10-11,17H2,1H3/t12-/m0/s1. The minimum Gasteiger partial charge on any atom is -0.386 e. The lowest BCUT2D eigenvalue weighted by Gasteiger charge is -2.28. The van der Waals surface area contributed by atoms with Gasteiger partial charge in [-0.25, -0.2) is 0 Å². The highest BCUT2D eigenvalue weighted by atomic mass is 15.1. The molecule has 0 saturated heterocycles. The average Bonchev–Trinajstić information content (AvgIpc) is 2.83. The summed E-state index contributed by atoms with van der Waals surface area (Å²) in [7, 11) is 2.20. The van der Waals surface area contributed by atoms with Gasteiger partial charge in [0.05, 0.1) is 5.82 Å². The van der Waals surface area contributed by atoms with Crippen LogP contribution >= 0.6 is 0 Å². The van der Waals surface area contributed by atoms with Gasteiger partial charge in [0, 0.05) is 31.7 Å². The van der Waals surface area contributed by atoms with Gasteiger partial charge < -0.3 is 16.0 Å². The molecular formula is C16H23N3. The summed E-state index contributed by atoms with van der Waals surface area (Å²) in [5, 5.41) is 3.20. The normalized spacial score (nSPS) is 21.5. The quantitative estimate of drug-likeness (QED) is 0.870. The van der Waals surface area contributed by atoms with Crippen LogP contribution in [0.3, 0.4) is 0 Å². The second-order valence-electron chi connectivity index (χ2n) is 5.77. The van der Waals surface area contributed by atoms with Crippen molar-refractivity contribution in [2.75, 3.05) is 25.0 Å². The largest absolute Gasteiger partial charge is 0.386 e. The number of aryl methyl sites for hydroxylation is 1. The molecule has 0 radical (unpaired) electrons. The summed E-state index contributed by atoms with van der Waals surface area (Å²) in [6.07, 6.45) is 7.29. The van der Waals surface area contributed by atoms with Gasteiger partial charge in [0.25, 0.3) is 0 Å². The molecule has 1 aliphatic heterocycles. The van der Waals surface area contributed by atoms with Gasteiger partial charge in [0.15, 0.2) is 0 Å². The predicted molar refractivity (Wildman–Crippen MR) is 80.1 cm³/mol. The van der Waals surface area contributed by atoms with Crippen LogP contribution in [0.5, 0.6) is 0 Å². The van der Waals surface area contributed by atoms with Crippen LogP contribution in [0.1, 0.15) is 24.0 Å². The molecule has 3 rings (SSSR count). The average molecular weight is 257 g/mol. The summed E-state index contributed by atoms with van der Waals surface area (Å²) in [6.45, 7) is 2.00. The van der Waals surface area contributed by atoms with Crippen LogP contribution in [0, 0.1) is 5.92 Å². The van der Waals surface area contributed by atoms with Crippen LogP contribution in [0.2, 0.25) is 0 Å². The molecule has 19 heavy (non-hydrogen) atoms. The molecule has 1 aromatic carbocycles. The fourth-order valence-corrected chi connectivity index (χ4v) is 3.31. The van der Waals surface area contributed by atoms with E-state index < -0.39 is 0 Å². The SMILES string of the molecule is CN(C[C@H]1C=C(N)NC1)c1cccc2c1CCCC2. The molecule has 0 spiro atoms. The van der Waals surface area contributed by atoms with Gasteiger partial charge in [-0.05, 0) is 49.0 Å². The first-order chi connectivity index (χ1) is 9.24. The topological polar surface area (TPSA) is 41.3 Å². The molecular weight excluding hydrogens is 234 g/mol. The van der Waals surface area contributed by atoms with E-state index in [1.165, 1.54) is 31.4 Å². The zero-order chi connectivity index (χ0) is 13.2. The predicted octanol–water partition coefficient (Wildman–Crippen LogP) is 2.02. The number of hydrogen-bond donors (Lipinski definition) is 2. The highest BCUT2D eigenvalue weighted by Crippen LogP contribution is 2.30. The number of rotatable bonds is 3. The minimum absolute atomic E-state index is 0.518. The zero-order valence-corrected chi connectivity index (χ0v) is 11.7. The molecule has 3 nitrogen and oxygen atoms in total. The molecule has 0 unspecified atom stereocenters. The lowest BCUT2D eigenvalue weighted by Crippen LogP contribution is -2.28. The molecule has 102 valence electrons. The summed E-state index contributed by atoms with van der Waals surface area (Å²) < 4.78 is 0. The van der Waals surface area contributed by atoms with Crippen molar-refractivity contribution in [2.24, 2.45) is 11.7 Å². The summed E-state index contributed by atoms with van der Waals surface area (Å²) in [6, 6.07) is 6.76. The maximum atomic E-state index is 5.78. The van der Waals surface area contributed by atoms with E-state index in [-0.39, 0.29) is 0 Å². The smallest absolute Gasteiger partial charge is 0.0923 e. The third-order valence-electron chi connectivity index (χ3n) is 4.27. The van der Waals surface area contributed by atoms with E-state index >= 15 is 0 Å². The van der Waals surface area contributed by atoms with E-state index in [1.54, 1.807) is 11.1 Å². The molecule has 1 atom stereocenters. The lowest BCUT2D eigenvalue weighted by atomic mass is 9.90. The second-order valence-corrected chi connectivity index (χ2v) is 5.77. The van der Waals surface area contributed by atoms with Crippen LogP contribution in [-0.2, 0) is 12.8 Å². The van der Waals surface area contributed by atoms with Crippen LogP contribution in [0.4, 0.5) is 5.69 Å². The zero-order valence-electron chi connectivity index (χ0n) is 11.7. The van der Waals surface area contributed by atoms with Crippen molar-refractivity contribution in [3.05, 3.63) is 41.2 Å². The first-order valence-electron chi connectivity index (χ1n) is 7.27. The summed E-state index contributed by atoms with van der Waals surface area (Å²) in [4.78, 5) is 2.39. The van der Waals surface area contributed by atoms with Crippen LogP contribution in [-0.4, -0.2) is 20.1 Å². The number of anilines is 1. The Balaban J connectivity index is 1.78. The molecule has 0 aromatic heterocycles. The summed E-state index contributed by atoms with van der Waals surface area (Å²) in [5.74, 6) is 1.35. The Bertz CT molecular complexity index is 493. The molecule has 0 bridgehead atoms. The third-order valence-corrected chi connectivity index (χ3v) is 4.27. The molecule has 0 saturated carbocycles.